The van der Waals surface area contributed by atoms with Crippen molar-refractivity contribution in [2.75, 3.05) is 0 Å². The Morgan fingerprint density at radius 3 is 1.18 bits per heavy atom. The third-order valence-electron chi connectivity index (χ3n) is 14.0. The van der Waals surface area contributed by atoms with Crippen molar-refractivity contribution in [2.24, 2.45) is 0 Å². The summed E-state index contributed by atoms with van der Waals surface area (Å²) < 4.78 is 16.2. The number of para-hydroxylation sites is 9. The van der Waals surface area contributed by atoms with Crippen LogP contribution in [0, 0.1) is 0 Å². The number of benzene rings is 10. The minimum atomic E-state index is 0.835. The van der Waals surface area contributed by atoms with Gasteiger partial charge < -0.3 is 18.1 Å². The van der Waals surface area contributed by atoms with E-state index in [4.69, 9.17) is 9.40 Å². The van der Waals surface area contributed by atoms with Crippen molar-refractivity contribution in [2.45, 2.75) is 0 Å². The maximum atomic E-state index is 6.39. The van der Waals surface area contributed by atoms with E-state index in [0.29, 0.717) is 0 Å². The summed E-state index contributed by atoms with van der Waals surface area (Å²) in [5.74, 6) is 0.835. The van der Waals surface area contributed by atoms with Crippen LogP contribution in [0.15, 0.2) is 229 Å². The third-order valence-corrected chi connectivity index (χ3v) is 14.0. The van der Waals surface area contributed by atoms with E-state index in [2.05, 4.69) is 231 Å². The van der Waals surface area contributed by atoms with Gasteiger partial charge in [0.1, 0.15) is 17.0 Å². The zero-order valence-electron chi connectivity index (χ0n) is 36.0. The molecular formula is C61H37N5O. The second-order valence-electron chi connectivity index (χ2n) is 17.5. The summed E-state index contributed by atoms with van der Waals surface area (Å²) in [6, 6.07) is 81.0. The quantitative estimate of drug-likeness (QED) is 0.173. The molecule has 0 aliphatic heterocycles. The molecule has 5 heterocycles. The van der Waals surface area contributed by atoms with Gasteiger partial charge in [-0.05, 0) is 84.9 Å². The van der Waals surface area contributed by atoms with Crippen LogP contribution in [-0.4, -0.2) is 23.3 Å². The van der Waals surface area contributed by atoms with Crippen molar-refractivity contribution in [1.29, 1.82) is 0 Å². The van der Waals surface area contributed by atoms with E-state index in [1.807, 2.05) is 12.1 Å². The molecule has 0 atom stereocenters. The summed E-state index contributed by atoms with van der Waals surface area (Å²) in [7, 11) is 0. The van der Waals surface area contributed by atoms with Gasteiger partial charge in [0.2, 0.25) is 0 Å². The monoisotopic (exact) mass is 855 g/mol. The van der Waals surface area contributed by atoms with Crippen LogP contribution in [0.5, 0.6) is 0 Å². The second-order valence-corrected chi connectivity index (χ2v) is 17.5. The minimum absolute atomic E-state index is 0.835. The van der Waals surface area contributed by atoms with E-state index < -0.39 is 0 Å². The Kier molecular flexibility index (Phi) is 7.40. The predicted octanol–water partition coefficient (Wildman–Crippen LogP) is 15.9. The molecule has 0 fully saturated rings. The van der Waals surface area contributed by atoms with E-state index in [9.17, 15) is 0 Å². The summed E-state index contributed by atoms with van der Waals surface area (Å²) in [6.45, 7) is 0. The van der Waals surface area contributed by atoms with Crippen molar-refractivity contribution in [3.63, 3.8) is 0 Å². The lowest BCUT2D eigenvalue weighted by atomic mass is 10.1. The number of aromatic nitrogens is 5. The van der Waals surface area contributed by atoms with Crippen LogP contribution in [-0.2, 0) is 0 Å². The molecule has 15 rings (SSSR count). The highest BCUT2D eigenvalue weighted by Crippen LogP contribution is 2.45. The first kappa shape index (κ1) is 36.2. The molecule has 5 aromatic heterocycles. The fourth-order valence-corrected chi connectivity index (χ4v) is 11.2. The highest BCUT2D eigenvalue weighted by molar-refractivity contribution is 6.13. The van der Waals surface area contributed by atoms with Crippen LogP contribution in [0.4, 0.5) is 0 Å². The lowest BCUT2D eigenvalue weighted by molar-refractivity contribution is 0.669. The van der Waals surface area contributed by atoms with Crippen molar-refractivity contribution >= 4 is 98.4 Å². The number of fused-ring (bicyclic) bond motifs is 13. The van der Waals surface area contributed by atoms with Gasteiger partial charge in [-0.15, -0.1) is 0 Å². The molecule has 10 aromatic carbocycles. The molecule has 0 radical (unpaired) electrons. The molecule has 0 unspecified atom stereocenters. The van der Waals surface area contributed by atoms with Crippen molar-refractivity contribution in [1.82, 2.24) is 23.3 Å². The molecule has 67 heavy (non-hydrogen) atoms. The number of imidazole rings is 1. The van der Waals surface area contributed by atoms with Gasteiger partial charge in [-0.3, -0.25) is 4.57 Å². The van der Waals surface area contributed by atoms with Gasteiger partial charge in [0, 0.05) is 48.7 Å². The molecule has 0 aliphatic rings. The summed E-state index contributed by atoms with van der Waals surface area (Å²) in [5, 5.41) is 9.33. The van der Waals surface area contributed by atoms with Gasteiger partial charge in [0.15, 0.2) is 0 Å². The molecule has 0 bridgehead atoms. The average Bonchev–Trinajstić information content (AvgIpc) is 4.20. The molecule has 312 valence electrons. The first-order valence-electron chi connectivity index (χ1n) is 22.8. The van der Waals surface area contributed by atoms with Crippen LogP contribution in [0.3, 0.4) is 0 Å². The normalized spacial score (nSPS) is 12.2. The summed E-state index contributed by atoms with van der Waals surface area (Å²) in [5.41, 5.74) is 15.5. The Morgan fingerprint density at radius 2 is 0.687 bits per heavy atom. The first-order chi connectivity index (χ1) is 33.3. The van der Waals surface area contributed by atoms with Crippen LogP contribution < -0.4 is 0 Å². The molecular weight excluding hydrogens is 819 g/mol. The number of nitrogens with zero attached hydrogens (tertiary/aromatic N) is 5. The summed E-state index contributed by atoms with van der Waals surface area (Å²) in [6.07, 6.45) is 0. The molecule has 0 saturated heterocycles. The summed E-state index contributed by atoms with van der Waals surface area (Å²) >= 11 is 0. The smallest absolute Gasteiger partial charge is 0.145 e. The van der Waals surface area contributed by atoms with E-state index in [0.717, 1.165) is 100 Å². The van der Waals surface area contributed by atoms with E-state index >= 15 is 0 Å². The molecule has 0 amide bonds. The van der Waals surface area contributed by atoms with Crippen molar-refractivity contribution in [3.05, 3.63) is 224 Å². The van der Waals surface area contributed by atoms with Crippen molar-refractivity contribution < 1.29 is 4.42 Å². The summed E-state index contributed by atoms with van der Waals surface area (Å²) in [4.78, 5) is 5.59. The van der Waals surface area contributed by atoms with Crippen molar-refractivity contribution in [3.8, 4) is 34.1 Å². The van der Waals surface area contributed by atoms with Gasteiger partial charge in [0.05, 0.1) is 66.9 Å². The lowest BCUT2D eigenvalue weighted by Crippen LogP contribution is -2.12. The standard InChI is InChI=1S/C61H37N5O/c1-9-25-49-40(17-1)41-18-2-10-26-50(41)63(49)39-36-56(64-51-27-11-3-19-42(51)43-20-4-12-28-52(43)64)60(57(37-39)65-53-29-13-5-21-44(53)45-22-6-14-30-54(45)65)66-55-31-15-8-24-48(55)62-61(66)38-33-34-59-47(35-38)46-23-7-16-32-58(46)67-59/h1-37H. The zero-order chi connectivity index (χ0) is 43.7. The molecule has 0 spiro atoms. The van der Waals surface area contributed by atoms with Gasteiger partial charge in [-0.1, -0.05) is 140 Å². The Labute approximate surface area is 383 Å². The maximum Gasteiger partial charge on any atom is 0.145 e. The lowest BCUT2D eigenvalue weighted by Gasteiger charge is -2.24. The Bertz CT molecular complexity index is 4240. The molecule has 15 aromatic rings. The van der Waals surface area contributed by atoms with Gasteiger partial charge in [-0.25, -0.2) is 4.98 Å². The van der Waals surface area contributed by atoms with Crippen LogP contribution in [0.2, 0.25) is 0 Å². The first-order valence-corrected chi connectivity index (χ1v) is 22.8. The fourth-order valence-electron chi connectivity index (χ4n) is 11.2. The van der Waals surface area contributed by atoms with Crippen LogP contribution in [0.25, 0.3) is 133 Å². The Balaban J connectivity index is 1.19. The second kappa shape index (κ2) is 13.7. The van der Waals surface area contributed by atoms with E-state index in [1.54, 1.807) is 0 Å². The third kappa shape index (κ3) is 5.06. The molecule has 0 saturated carbocycles. The number of hydrogen-bond donors (Lipinski definition) is 0. The topological polar surface area (TPSA) is 45.8 Å². The number of rotatable bonds is 5. The molecule has 0 aliphatic carbocycles. The average molecular weight is 856 g/mol. The van der Waals surface area contributed by atoms with Crippen LogP contribution >= 0.6 is 0 Å². The van der Waals surface area contributed by atoms with Crippen LogP contribution in [0.1, 0.15) is 0 Å². The maximum absolute atomic E-state index is 6.39. The van der Waals surface area contributed by atoms with E-state index in [1.165, 1.54) is 32.3 Å². The zero-order valence-corrected chi connectivity index (χ0v) is 36.0. The largest absolute Gasteiger partial charge is 0.456 e. The predicted molar refractivity (Wildman–Crippen MR) is 277 cm³/mol. The van der Waals surface area contributed by atoms with Gasteiger partial charge in [0.25, 0.3) is 0 Å². The number of hydrogen-bond acceptors (Lipinski definition) is 2. The number of furan rings is 1. The Hall–Kier alpha value is -9.13. The van der Waals surface area contributed by atoms with E-state index in [-0.39, 0.29) is 0 Å². The Morgan fingerprint density at radius 1 is 0.299 bits per heavy atom. The molecule has 6 heteroatoms. The molecule has 0 N–H and O–H groups in total. The fraction of sp³-hybridized carbons (Fsp3) is 0. The highest BCUT2D eigenvalue weighted by atomic mass is 16.3. The minimum Gasteiger partial charge on any atom is -0.456 e. The van der Waals surface area contributed by atoms with Gasteiger partial charge >= 0.3 is 0 Å². The SMILES string of the molecule is c1ccc2c(c1)nc(-c1ccc3oc4ccccc4c3c1)n2-c1c(-n2c3ccccc3c3ccccc32)cc(-n2c3ccccc3c3ccccc32)cc1-n1c2ccccc2c2ccccc21. The van der Waals surface area contributed by atoms with Gasteiger partial charge in [-0.2, -0.15) is 0 Å². The highest BCUT2D eigenvalue weighted by Gasteiger charge is 2.28. The molecule has 6 nitrogen and oxygen atoms in total.